The average Bonchev–Trinajstić information content (AvgIpc) is 2.94. The van der Waals surface area contributed by atoms with Crippen molar-refractivity contribution in [3.63, 3.8) is 0 Å². The lowest BCUT2D eigenvalue weighted by Crippen LogP contribution is -2.74. The number of alkyl halides is 19. The first-order valence-corrected chi connectivity index (χ1v) is 11.6. The number of carbonyl (C=O) groups is 3. The van der Waals surface area contributed by atoms with Gasteiger partial charge in [-0.15, -0.1) is 0 Å². The Morgan fingerprint density at radius 2 is 0.560 bits per heavy atom. The molecule has 50 heavy (non-hydrogen) atoms. The summed E-state index contributed by atoms with van der Waals surface area (Å²) in [6.45, 7) is -2.18. The van der Waals surface area contributed by atoms with E-state index < -0.39 is 97.8 Å². The summed E-state index contributed by atoms with van der Waals surface area (Å²) >= 11 is 0. The van der Waals surface area contributed by atoms with Gasteiger partial charge in [-0.25, -0.2) is 33.0 Å². The third-order valence-electron chi connectivity index (χ3n) is 4.94. The zero-order chi connectivity index (χ0) is 40.2. The molecule has 0 heterocycles. The van der Waals surface area contributed by atoms with Gasteiger partial charge in [0.2, 0.25) is 0 Å². The van der Waals surface area contributed by atoms with Crippen molar-refractivity contribution in [1.29, 1.82) is 0 Å². The van der Waals surface area contributed by atoms with Gasteiger partial charge in [0.25, 0.3) is 0 Å². The lowest BCUT2D eigenvalue weighted by molar-refractivity contribution is -0.567. The Balaban J connectivity index is 7.42. The summed E-state index contributed by atoms with van der Waals surface area (Å²) in [5.74, 6) is -26.3. The molecule has 9 nitrogen and oxygen atoms in total. The molecular formula is C22H15F19O9. The van der Waals surface area contributed by atoms with Gasteiger partial charge in [0.1, 0.15) is 0 Å². The maximum atomic E-state index is 15.3. The number of hydrogen-bond donors (Lipinski definition) is 0. The lowest BCUT2D eigenvalue weighted by atomic mass is 10.0. The van der Waals surface area contributed by atoms with Gasteiger partial charge in [0.15, 0.2) is 19.8 Å². The van der Waals surface area contributed by atoms with Crippen LogP contribution in [0, 0.1) is 0 Å². The molecule has 0 aliphatic heterocycles. The summed E-state index contributed by atoms with van der Waals surface area (Å²) in [5, 5.41) is 0. The van der Waals surface area contributed by atoms with Crippen LogP contribution in [0.3, 0.4) is 0 Å². The van der Waals surface area contributed by atoms with Gasteiger partial charge in [0.05, 0.1) is 0 Å². The number of halogens is 19. The summed E-state index contributed by atoms with van der Waals surface area (Å²) < 4.78 is 284. The largest absolute Gasteiger partial charge is 0.456 e. The van der Waals surface area contributed by atoms with Crippen molar-refractivity contribution in [1.82, 2.24) is 0 Å². The van der Waals surface area contributed by atoms with Crippen LogP contribution in [0.4, 0.5) is 83.4 Å². The molecule has 0 spiro atoms. The molecule has 0 unspecified atom stereocenters. The summed E-state index contributed by atoms with van der Waals surface area (Å²) in [5.41, 5.74) is -8.90. The van der Waals surface area contributed by atoms with Crippen LogP contribution in [-0.2, 0) is 42.8 Å². The second-order valence-electron chi connectivity index (χ2n) is 8.61. The maximum absolute atomic E-state index is 15.3. The van der Waals surface area contributed by atoms with E-state index in [2.05, 4.69) is 33.9 Å². The number of carbonyl (C=O) groups excluding carboxylic acids is 3. The Kier molecular flexibility index (Phi) is 13.7. The van der Waals surface area contributed by atoms with Crippen LogP contribution in [0.25, 0.3) is 0 Å². The van der Waals surface area contributed by atoms with E-state index in [0.717, 1.165) is 0 Å². The van der Waals surface area contributed by atoms with E-state index in [9.17, 15) is 93.4 Å². The van der Waals surface area contributed by atoms with E-state index in [1.54, 1.807) is 14.2 Å². The minimum atomic E-state index is -8.90. The van der Waals surface area contributed by atoms with Crippen LogP contribution in [-0.4, -0.2) is 97.8 Å². The Morgan fingerprint density at radius 3 is 0.720 bits per heavy atom. The molecule has 0 aliphatic carbocycles. The fraction of sp³-hybridized carbons (Fsp3) is 0.591. The molecule has 0 bridgehead atoms. The third kappa shape index (κ3) is 9.69. The predicted molar refractivity (Wildman–Crippen MR) is 115 cm³/mol. The molecule has 28 heteroatoms. The molecule has 0 aromatic carbocycles. The highest BCUT2D eigenvalue weighted by atomic mass is 19.4. The van der Waals surface area contributed by atoms with E-state index in [1.807, 2.05) is 0 Å². The van der Waals surface area contributed by atoms with Crippen LogP contribution in [0.2, 0.25) is 0 Å². The molecule has 0 atom stereocenters. The Hall–Kier alpha value is -3.82. The highest BCUT2D eigenvalue weighted by Gasteiger charge is 2.90. The quantitative estimate of drug-likeness (QED) is 0.0567. The van der Waals surface area contributed by atoms with Crippen molar-refractivity contribution in [3.05, 3.63) is 38.0 Å². The topological polar surface area (TPSA) is 107 Å². The molecule has 0 aromatic rings. The van der Waals surface area contributed by atoms with Crippen LogP contribution in [0.15, 0.2) is 38.0 Å². The standard InChI is InChI=1S/C22H15F19O9/c1-4-10(42)45-7-13(23,24)17(30,31)48-20(36,37)16(29,21(38,39)49-18(32,33)14(25,26)8-46-11(43)5-2)22(40,41)50-19(34,35)15(27,28)9-47-12(44)6-3/h4-6H,1-3,7-9H2. The number of ether oxygens (including phenoxy) is 6. The van der Waals surface area contributed by atoms with Crippen molar-refractivity contribution in [2.24, 2.45) is 0 Å². The molecule has 0 amide bonds. The van der Waals surface area contributed by atoms with Crippen molar-refractivity contribution < 1.29 is 126 Å². The maximum Gasteiger partial charge on any atom is 0.427 e. The molecule has 0 radical (unpaired) electrons. The van der Waals surface area contributed by atoms with Crippen LogP contribution in [0.5, 0.6) is 0 Å². The van der Waals surface area contributed by atoms with E-state index in [4.69, 9.17) is 0 Å². The fourth-order valence-corrected chi connectivity index (χ4v) is 2.34. The zero-order valence-electron chi connectivity index (χ0n) is 23.3. The van der Waals surface area contributed by atoms with Gasteiger partial charge in [-0.3, -0.25) is 0 Å². The number of hydrogen-bond acceptors (Lipinski definition) is 9. The normalized spacial score (nSPS) is 14.5. The highest BCUT2D eigenvalue weighted by molar-refractivity contribution is 5.81. The summed E-state index contributed by atoms with van der Waals surface area (Å²) in [6, 6.07) is 0. The van der Waals surface area contributed by atoms with E-state index in [-0.39, 0.29) is 18.2 Å². The van der Waals surface area contributed by atoms with Crippen molar-refractivity contribution >= 4 is 17.9 Å². The van der Waals surface area contributed by atoms with Crippen LogP contribution < -0.4 is 0 Å². The Bertz CT molecular complexity index is 1130. The first kappa shape index (κ1) is 46.2. The van der Waals surface area contributed by atoms with E-state index in [0.29, 0.717) is 0 Å². The molecule has 0 fully saturated rings. The monoisotopic (exact) mass is 784 g/mol. The van der Waals surface area contributed by atoms with Crippen molar-refractivity contribution in [2.45, 2.75) is 60.1 Å². The van der Waals surface area contributed by atoms with Crippen LogP contribution >= 0.6 is 0 Å². The minimum absolute atomic E-state index is 0.103. The van der Waals surface area contributed by atoms with E-state index >= 15 is 4.39 Å². The molecule has 0 saturated carbocycles. The molecule has 0 aliphatic rings. The van der Waals surface area contributed by atoms with E-state index in [1.165, 1.54) is 0 Å². The predicted octanol–water partition coefficient (Wildman–Crippen LogP) is 6.39. The summed E-state index contributed by atoms with van der Waals surface area (Å²) in [7, 11) is 0. The van der Waals surface area contributed by atoms with Gasteiger partial charge >= 0.3 is 78.0 Å². The van der Waals surface area contributed by atoms with Crippen molar-refractivity contribution in [3.8, 4) is 0 Å². The fourth-order valence-electron chi connectivity index (χ4n) is 2.34. The molecule has 0 rings (SSSR count). The van der Waals surface area contributed by atoms with Gasteiger partial charge in [0, 0.05) is 18.2 Å². The SMILES string of the molecule is C=CC(=O)OCC(F)(F)C(F)(F)OC(F)(F)C(F)(C(F)(F)OC(F)(F)C(F)(F)COC(=O)C=C)C(F)(F)OC(F)(F)C(F)(F)COC(=O)C=C. The minimum Gasteiger partial charge on any atom is -0.456 e. The highest BCUT2D eigenvalue weighted by Crippen LogP contribution is 2.60. The molecule has 0 saturated heterocycles. The zero-order valence-corrected chi connectivity index (χ0v) is 23.3. The first-order valence-electron chi connectivity index (χ1n) is 11.6. The molecule has 0 aromatic heterocycles. The third-order valence-corrected chi connectivity index (χ3v) is 4.94. The smallest absolute Gasteiger partial charge is 0.427 e. The van der Waals surface area contributed by atoms with Crippen molar-refractivity contribution in [2.75, 3.05) is 19.8 Å². The number of rotatable bonds is 21. The molecular weight excluding hydrogens is 769 g/mol. The van der Waals surface area contributed by atoms with Crippen LogP contribution in [0.1, 0.15) is 0 Å². The second-order valence-corrected chi connectivity index (χ2v) is 8.61. The summed E-state index contributed by atoms with van der Waals surface area (Å²) in [6.07, 6.45) is -48.4. The lowest BCUT2D eigenvalue weighted by Gasteiger charge is -2.44. The first-order chi connectivity index (χ1) is 22.0. The van der Waals surface area contributed by atoms with Gasteiger partial charge < -0.3 is 14.2 Å². The van der Waals surface area contributed by atoms with Gasteiger partial charge in [-0.2, -0.15) is 79.0 Å². The number of esters is 3. The van der Waals surface area contributed by atoms with Gasteiger partial charge in [-0.05, 0) is 0 Å². The van der Waals surface area contributed by atoms with Gasteiger partial charge in [-0.1, -0.05) is 19.7 Å². The molecule has 290 valence electrons. The molecule has 0 N–H and O–H groups in total. The Morgan fingerprint density at radius 1 is 0.380 bits per heavy atom. The summed E-state index contributed by atoms with van der Waals surface area (Å²) in [4.78, 5) is 32.4. The Labute approximate surface area is 263 Å². The second kappa shape index (κ2) is 14.8. The average molecular weight is 784 g/mol.